The molecule has 1 heterocycles. The molecule has 0 aliphatic heterocycles. The van der Waals surface area contributed by atoms with E-state index in [0.29, 0.717) is 4.77 Å². The predicted octanol–water partition coefficient (Wildman–Crippen LogP) is 4.17. The van der Waals surface area contributed by atoms with Crippen LogP contribution in [0.3, 0.4) is 0 Å². The van der Waals surface area contributed by atoms with Gasteiger partial charge < -0.3 is 5.11 Å². The zero-order chi connectivity index (χ0) is 15.7. The maximum absolute atomic E-state index is 9.58. The summed E-state index contributed by atoms with van der Waals surface area (Å²) in [6.45, 7) is 4.07. The van der Waals surface area contributed by atoms with Crippen LogP contribution in [0.5, 0.6) is 5.75 Å². The molecular formula is C17H17N3OS. The van der Waals surface area contributed by atoms with E-state index >= 15 is 0 Å². The van der Waals surface area contributed by atoms with Gasteiger partial charge in [0.1, 0.15) is 5.75 Å². The van der Waals surface area contributed by atoms with Crippen molar-refractivity contribution in [1.82, 2.24) is 14.8 Å². The van der Waals surface area contributed by atoms with E-state index in [-0.39, 0.29) is 5.75 Å². The number of nitrogens with zero attached hydrogens (tertiary/aromatic N) is 2. The van der Waals surface area contributed by atoms with Gasteiger partial charge >= 0.3 is 0 Å². The number of aromatic hydroxyl groups is 1. The Morgan fingerprint density at radius 2 is 1.91 bits per heavy atom. The standard InChI is InChI=1S/C17H17N3OS/c1-3-12-4-6-13(7-5-12)20-16(18-19-17(20)22)15-9-8-14(21)10-11(15)2/h4-10,21H,3H2,1-2H3,(H,19,22). The summed E-state index contributed by atoms with van der Waals surface area (Å²) in [4.78, 5) is 0. The van der Waals surface area contributed by atoms with Crippen molar-refractivity contribution >= 4 is 12.2 Å². The van der Waals surface area contributed by atoms with Crippen LogP contribution < -0.4 is 0 Å². The molecule has 5 heteroatoms. The zero-order valence-electron chi connectivity index (χ0n) is 12.5. The third-order valence-corrected chi connectivity index (χ3v) is 4.00. The monoisotopic (exact) mass is 311 g/mol. The van der Waals surface area contributed by atoms with Crippen molar-refractivity contribution < 1.29 is 5.11 Å². The van der Waals surface area contributed by atoms with Crippen LogP contribution in [-0.4, -0.2) is 19.9 Å². The summed E-state index contributed by atoms with van der Waals surface area (Å²) >= 11 is 5.38. The number of nitrogens with one attached hydrogen (secondary N) is 1. The minimum atomic E-state index is 0.245. The Kier molecular flexibility index (Phi) is 3.81. The molecule has 2 N–H and O–H groups in total. The minimum Gasteiger partial charge on any atom is -0.508 e. The first kappa shape index (κ1) is 14.5. The first-order valence-electron chi connectivity index (χ1n) is 7.17. The fourth-order valence-corrected chi connectivity index (χ4v) is 2.73. The quantitative estimate of drug-likeness (QED) is 0.714. The summed E-state index contributed by atoms with van der Waals surface area (Å²) in [6, 6.07) is 13.5. The molecule has 0 unspecified atom stereocenters. The largest absolute Gasteiger partial charge is 0.508 e. The van der Waals surface area contributed by atoms with E-state index in [0.717, 1.165) is 29.1 Å². The third kappa shape index (κ3) is 2.55. The van der Waals surface area contributed by atoms with Gasteiger partial charge in [-0.05, 0) is 67.0 Å². The van der Waals surface area contributed by atoms with Gasteiger partial charge in [-0.15, -0.1) is 0 Å². The van der Waals surface area contributed by atoms with Crippen LogP contribution in [0.25, 0.3) is 17.1 Å². The number of aryl methyl sites for hydroxylation is 2. The molecule has 0 aliphatic carbocycles. The second-order valence-electron chi connectivity index (χ2n) is 5.21. The predicted molar refractivity (Wildman–Crippen MR) is 90.0 cm³/mol. The number of rotatable bonds is 3. The van der Waals surface area contributed by atoms with Crippen LogP contribution in [0, 0.1) is 11.7 Å². The number of H-pyrrole nitrogens is 1. The van der Waals surface area contributed by atoms with E-state index in [1.54, 1.807) is 12.1 Å². The molecule has 3 rings (SSSR count). The minimum absolute atomic E-state index is 0.245. The second kappa shape index (κ2) is 5.77. The summed E-state index contributed by atoms with van der Waals surface area (Å²) in [5, 5.41) is 16.8. The number of hydrogen-bond donors (Lipinski definition) is 2. The van der Waals surface area contributed by atoms with E-state index < -0.39 is 0 Å². The van der Waals surface area contributed by atoms with Crippen molar-refractivity contribution in [2.45, 2.75) is 20.3 Å². The van der Waals surface area contributed by atoms with Crippen molar-refractivity contribution in [1.29, 1.82) is 0 Å². The summed E-state index contributed by atoms with van der Waals surface area (Å²) in [6.07, 6.45) is 1.00. The fraction of sp³-hybridized carbons (Fsp3) is 0.176. The highest BCUT2D eigenvalue weighted by Crippen LogP contribution is 2.27. The summed E-state index contributed by atoms with van der Waals surface area (Å²) < 4.78 is 2.46. The van der Waals surface area contributed by atoms with Gasteiger partial charge in [-0.1, -0.05) is 19.1 Å². The Balaban J connectivity index is 2.16. The lowest BCUT2D eigenvalue weighted by atomic mass is 10.1. The van der Waals surface area contributed by atoms with Crippen LogP contribution in [0.15, 0.2) is 42.5 Å². The lowest BCUT2D eigenvalue weighted by molar-refractivity contribution is 0.475. The van der Waals surface area contributed by atoms with Gasteiger partial charge in [0.15, 0.2) is 10.6 Å². The lowest BCUT2D eigenvalue weighted by Gasteiger charge is -2.10. The summed E-state index contributed by atoms with van der Waals surface area (Å²) in [5.74, 6) is 0.987. The van der Waals surface area contributed by atoms with Crippen molar-refractivity contribution in [3.63, 3.8) is 0 Å². The first-order chi connectivity index (χ1) is 10.6. The van der Waals surface area contributed by atoms with E-state index in [9.17, 15) is 5.11 Å². The second-order valence-corrected chi connectivity index (χ2v) is 5.59. The number of phenols is 1. The molecule has 0 spiro atoms. The maximum Gasteiger partial charge on any atom is 0.200 e. The van der Waals surface area contributed by atoms with E-state index in [1.165, 1.54) is 5.56 Å². The number of aromatic nitrogens is 3. The third-order valence-electron chi connectivity index (χ3n) is 3.73. The first-order valence-corrected chi connectivity index (χ1v) is 7.57. The van der Waals surface area contributed by atoms with Gasteiger partial charge in [0, 0.05) is 11.3 Å². The van der Waals surface area contributed by atoms with Gasteiger partial charge in [-0.2, -0.15) is 5.10 Å². The molecule has 4 nitrogen and oxygen atoms in total. The Morgan fingerprint density at radius 3 is 2.55 bits per heavy atom. The highest BCUT2D eigenvalue weighted by Gasteiger charge is 2.13. The Morgan fingerprint density at radius 1 is 1.18 bits per heavy atom. The number of aromatic amines is 1. The van der Waals surface area contributed by atoms with E-state index in [4.69, 9.17) is 12.2 Å². The molecule has 0 amide bonds. The van der Waals surface area contributed by atoms with Crippen LogP contribution in [0.1, 0.15) is 18.1 Å². The van der Waals surface area contributed by atoms with Gasteiger partial charge in [-0.3, -0.25) is 9.67 Å². The number of phenolic OH excluding ortho intramolecular Hbond substituents is 1. The highest BCUT2D eigenvalue weighted by molar-refractivity contribution is 7.71. The molecule has 3 aromatic rings. The van der Waals surface area contributed by atoms with Crippen LogP contribution >= 0.6 is 12.2 Å². The smallest absolute Gasteiger partial charge is 0.200 e. The number of hydrogen-bond acceptors (Lipinski definition) is 3. The zero-order valence-corrected chi connectivity index (χ0v) is 13.3. The van der Waals surface area contributed by atoms with Crippen LogP contribution in [0.4, 0.5) is 0 Å². The molecule has 0 fully saturated rings. The molecular weight excluding hydrogens is 294 g/mol. The molecule has 0 radical (unpaired) electrons. The lowest BCUT2D eigenvalue weighted by Crippen LogP contribution is -1.99. The van der Waals surface area contributed by atoms with Crippen molar-refractivity contribution in [2.75, 3.05) is 0 Å². The molecule has 0 bridgehead atoms. The van der Waals surface area contributed by atoms with Gasteiger partial charge in [0.05, 0.1) is 0 Å². The Bertz CT molecular complexity index is 862. The molecule has 0 saturated carbocycles. The van der Waals surface area contributed by atoms with Crippen molar-refractivity contribution in [3.8, 4) is 22.8 Å². The molecule has 0 atom stereocenters. The van der Waals surface area contributed by atoms with Crippen LogP contribution in [-0.2, 0) is 6.42 Å². The summed E-state index contributed by atoms with van der Waals surface area (Å²) in [7, 11) is 0. The van der Waals surface area contributed by atoms with Gasteiger partial charge in [0.25, 0.3) is 0 Å². The number of benzene rings is 2. The maximum atomic E-state index is 9.58. The molecule has 2 aromatic carbocycles. The topological polar surface area (TPSA) is 53.8 Å². The van der Waals surface area contributed by atoms with Crippen LogP contribution in [0.2, 0.25) is 0 Å². The molecule has 112 valence electrons. The van der Waals surface area contributed by atoms with Crippen molar-refractivity contribution in [2.24, 2.45) is 0 Å². The fourth-order valence-electron chi connectivity index (χ4n) is 2.50. The molecule has 0 saturated heterocycles. The van der Waals surface area contributed by atoms with E-state index in [1.807, 2.05) is 29.7 Å². The highest BCUT2D eigenvalue weighted by atomic mass is 32.1. The average molecular weight is 311 g/mol. The normalized spacial score (nSPS) is 10.8. The van der Waals surface area contributed by atoms with Gasteiger partial charge in [0.2, 0.25) is 0 Å². The van der Waals surface area contributed by atoms with Crippen molar-refractivity contribution in [3.05, 3.63) is 58.4 Å². The van der Waals surface area contributed by atoms with E-state index in [2.05, 4.69) is 29.3 Å². The molecule has 22 heavy (non-hydrogen) atoms. The SMILES string of the molecule is CCc1ccc(-n2c(-c3ccc(O)cc3C)n[nH]c2=S)cc1. The Labute approximate surface area is 134 Å². The molecule has 0 aliphatic rings. The average Bonchev–Trinajstić information content (AvgIpc) is 2.89. The van der Waals surface area contributed by atoms with Gasteiger partial charge in [-0.25, -0.2) is 0 Å². The Hall–Kier alpha value is -2.40. The summed E-state index contributed by atoms with van der Waals surface area (Å²) in [5.41, 5.74) is 4.13. The molecule has 1 aromatic heterocycles.